The van der Waals surface area contributed by atoms with Crippen molar-refractivity contribution in [2.24, 2.45) is 0 Å². The minimum atomic E-state index is -3.53. The average molecular weight is 432 g/mol. The van der Waals surface area contributed by atoms with Crippen LogP contribution in [0.4, 0.5) is 5.69 Å². The highest BCUT2D eigenvalue weighted by Gasteiger charge is 2.51. The molecule has 5 nitrogen and oxygen atoms in total. The molecule has 1 fully saturated rings. The Labute approximate surface area is 166 Å². The van der Waals surface area contributed by atoms with Crippen LogP contribution in [0, 0.1) is 5.41 Å². The van der Waals surface area contributed by atoms with E-state index in [1.807, 2.05) is 0 Å². The predicted molar refractivity (Wildman–Crippen MR) is 110 cm³/mol. The van der Waals surface area contributed by atoms with Crippen molar-refractivity contribution < 1.29 is 8.42 Å². The maximum absolute atomic E-state index is 12.7. The Morgan fingerprint density at radius 3 is 2.42 bits per heavy atom. The van der Waals surface area contributed by atoms with Gasteiger partial charge < -0.3 is 11.1 Å². The molecule has 140 valence electrons. The van der Waals surface area contributed by atoms with Crippen LogP contribution in [0.2, 0.25) is 10.0 Å². The molecule has 0 spiro atoms. The summed E-state index contributed by atoms with van der Waals surface area (Å²) in [6, 6.07) is 7.00. The molecule has 2 heterocycles. The number of nitrogens with one attached hydrogen (secondary N) is 2. The van der Waals surface area contributed by atoms with Crippen LogP contribution in [0.3, 0.4) is 0 Å². The number of hydrogen-bond acceptors (Lipinski definition) is 5. The van der Waals surface area contributed by atoms with Crippen LogP contribution < -0.4 is 11.1 Å². The summed E-state index contributed by atoms with van der Waals surface area (Å²) in [6.07, 6.45) is 0. The van der Waals surface area contributed by atoms with Gasteiger partial charge in [0.1, 0.15) is 10.6 Å². The maximum atomic E-state index is 12.7. The largest absolute Gasteiger partial charge is 0.399 e. The fourth-order valence-electron chi connectivity index (χ4n) is 2.94. The summed E-state index contributed by atoms with van der Waals surface area (Å²) in [6.45, 7) is 4.82. The quantitative estimate of drug-likeness (QED) is 0.617. The zero-order valence-corrected chi connectivity index (χ0v) is 17.6. The molecule has 0 saturated carbocycles. The van der Waals surface area contributed by atoms with Gasteiger partial charge in [0.05, 0.1) is 16.3 Å². The lowest BCUT2D eigenvalue weighted by atomic mass is 10.00. The summed E-state index contributed by atoms with van der Waals surface area (Å²) in [5.74, 6) is -0.184. The fraction of sp³-hybridized carbons (Fsp3) is 0.353. The molecule has 0 bridgehead atoms. The highest BCUT2D eigenvalue weighted by Crippen LogP contribution is 2.44. The monoisotopic (exact) mass is 431 g/mol. The Morgan fingerprint density at radius 2 is 1.85 bits per heavy atom. The van der Waals surface area contributed by atoms with Crippen molar-refractivity contribution in [2.75, 3.05) is 11.5 Å². The molecule has 3 rings (SSSR count). The molecule has 1 aromatic carbocycles. The van der Waals surface area contributed by atoms with E-state index in [1.165, 1.54) is 25.2 Å². The first kappa shape index (κ1) is 19.5. The van der Waals surface area contributed by atoms with Crippen molar-refractivity contribution in [3.63, 3.8) is 0 Å². The molecule has 0 amide bonds. The number of rotatable bonds is 2. The van der Waals surface area contributed by atoms with E-state index in [-0.39, 0.29) is 11.6 Å². The maximum Gasteiger partial charge on any atom is 0.165 e. The standard InChI is InChI=1S/C17H19Cl2N3O2S2/c1-16(2)15(21)22-17(3,8-26(16,23)24)14-12(19)7-13(25-14)9-4-10(18)6-11(20)5-9/h4-7H,8,20H2,1-3H3,(H2,21,22)/t17-/m0/s1. The third-order valence-corrected chi connectivity index (χ3v) is 9.44. The first-order valence-electron chi connectivity index (χ1n) is 7.81. The molecular formula is C17H19Cl2N3O2S2. The van der Waals surface area contributed by atoms with Crippen molar-refractivity contribution >= 4 is 55.9 Å². The summed E-state index contributed by atoms with van der Waals surface area (Å²) in [4.78, 5) is 1.49. The number of nitrogen functional groups attached to an aromatic ring is 1. The van der Waals surface area contributed by atoms with Crippen LogP contribution in [0.5, 0.6) is 0 Å². The number of hydrogen-bond donors (Lipinski definition) is 3. The molecule has 26 heavy (non-hydrogen) atoms. The lowest BCUT2D eigenvalue weighted by molar-refractivity contribution is 0.450. The van der Waals surface area contributed by atoms with Gasteiger partial charge in [0, 0.05) is 20.5 Å². The van der Waals surface area contributed by atoms with Gasteiger partial charge in [-0.25, -0.2) is 8.42 Å². The molecular weight excluding hydrogens is 413 g/mol. The molecule has 1 aliphatic heterocycles. The van der Waals surface area contributed by atoms with Crippen molar-refractivity contribution in [1.29, 1.82) is 5.41 Å². The van der Waals surface area contributed by atoms with Crippen molar-refractivity contribution in [3.05, 3.63) is 39.2 Å². The summed E-state index contributed by atoms with van der Waals surface area (Å²) < 4.78 is 24.2. The molecule has 4 N–H and O–H groups in total. The van der Waals surface area contributed by atoms with E-state index < -0.39 is 20.1 Å². The summed E-state index contributed by atoms with van der Waals surface area (Å²) >= 11 is 13.9. The van der Waals surface area contributed by atoms with Gasteiger partial charge in [0.25, 0.3) is 0 Å². The minimum Gasteiger partial charge on any atom is -0.399 e. The molecule has 0 aliphatic carbocycles. The van der Waals surface area contributed by atoms with E-state index in [1.54, 1.807) is 31.2 Å². The zero-order chi connectivity index (χ0) is 19.5. The molecule has 0 radical (unpaired) electrons. The smallest absolute Gasteiger partial charge is 0.165 e. The van der Waals surface area contributed by atoms with Crippen molar-refractivity contribution in [3.8, 4) is 10.4 Å². The number of thiophene rings is 1. The van der Waals surface area contributed by atoms with Gasteiger partial charge in [-0.2, -0.15) is 0 Å². The number of nitrogens with two attached hydrogens (primary N) is 1. The van der Waals surface area contributed by atoms with Crippen LogP contribution in [0.15, 0.2) is 24.3 Å². The SMILES string of the molecule is CC1(C)C(=N)N[C@](C)(c2sc(-c3cc(N)cc(Cl)c3)cc2Cl)CS1(=O)=O. The summed E-state index contributed by atoms with van der Waals surface area (Å²) in [5.41, 5.74) is 6.23. The van der Waals surface area contributed by atoms with Gasteiger partial charge >= 0.3 is 0 Å². The van der Waals surface area contributed by atoms with Crippen molar-refractivity contribution in [1.82, 2.24) is 5.32 Å². The van der Waals surface area contributed by atoms with E-state index >= 15 is 0 Å². The third-order valence-electron chi connectivity index (χ3n) is 4.65. The number of anilines is 1. The van der Waals surface area contributed by atoms with Crippen LogP contribution in [-0.2, 0) is 15.4 Å². The molecule has 1 atom stereocenters. The first-order chi connectivity index (χ1) is 11.9. The Morgan fingerprint density at radius 1 is 1.19 bits per heavy atom. The van der Waals surface area contributed by atoms with E-state index in [2.05, 4.69) is 5.32 Å². The van der Waals surface area contributed by atoms with Crippen LogP contribution >= 0.6 is 34.5 Å². The zero-order valence-electron chi connectivity index (χ0n) is 14.5. The third kappa shape index (κ3) is 3.11. The molecule has 9 heteroatoms. The Balaban J connectivity index is 2.08. The highest BCUT2D eigenvalue weighted by atomic mass is 35.5. The lowest BCUT2D eigenvalue weighted by Gasteiger charge is -2.42. The van der Waals surface area contributed by atoms with Crippen LogP contribution in [0.1, 0.15) is 25.6 Å². The minimum absolute atomic E-state index is 0.0377. The van der Waals surface area contributed by atoms with E-state index in [4.69, 9.17) is 34.3 Å². The molecule has 0 unspecified atom stereocenters. The molecule has 1 saturated heterocycles. The van der Waals surface area contributed by atoms with Crippen molar-refractivity contribution in [2.45, 2.75) is 31.1 Å². The van der Waals surface area contributed by atoms with Gasteiger partial charge in [0.15, 0.2) is 9.84 Å². The Hall–Kier alpha value is -1.28. The van der Waals surface area contributed by atoms with Gasteiger partial charge in [-0.1, -0.05) is 23.2 Å². The highest BCUT2D eigenvalue weighted by molar-refractivity contribution is 7.93. The van der Waals surface area contributed by atoms with E-state index in [0.29, 0.717) is 20.6 Å². The number of benzene rings is 1. The predicted octanol–water partition coefficient (Wildman–Crippen LogP) is 4.29. The van der Waals surface area contributed by atoms with Crippen LogP contribution in [-0.4, -0.2) is 24.8 Å². The van der Waals surface area contributed by atoms with Gasteiger partial charge in [-0.05, 0) is 50.6 Å². The Bertz CT molecular complexity index is 995. The van der Waals surface area contributed by atoms with Gasteiger partial charge in [-0.3, -0.25) is 5.41 Å². The second-order valence-corrected chi connectivity index (χ2v) is 11.6. The van der Waals surface area contributed by atoms with Crippen LogP contribution in [0.25, 0.3) is 10.4 Å². The summed E-state index contributed by atoms with van der Waals surface area (Å²) in [5, 5.41) is 12.2. The van der Waals surface area contributed by atoms with Gasteiger partial charge in [0.2, 0.25) is 0 Å². The summed E-state index contributed by atoms with van der Waals surface area (Å²) in [7, 11) is -3.53. The molecule has 2 aromatic rings. The Kier molecular flexibility index (Phi) is 4.59. The van der Waals surface area contributed by atoms with E-state index in [0.717, 1.165) is 10.4 Å². The van der Waals surface area contributed by atoms with Gasteiger partial charge in [-0.15, -0.1) is 11.3 Å². The second-order valence-electron chi connectivity index (χ2n) is 7.16. The average Bonchev–Trinajstić information content (AvgIpc) is 2.87. The first-order valence-corrected chi connectivity index (χ1v) is 11.0. The number of sulfone groups is 1. The topological polar surface area (TPSA) is 96.0 Å². The second kappa shape index (κ2) is 6.12. The fourth-order valence-corrected chi connectivity index (χ4v) is 6.61. The molecule has 1 aromatic heterocycles. The number of amidine groups is 1. The normalized spacial score (nSPS) is 24.3. The lowest BCUT2D eigenvalue weighted by Crippen LogP contribution is -2.63. The van der Waals surface area contributed by atoms with E-state index in [9.17, 15) is 8.42 Å². The molecule has 1 aliphatic rings. The number of halogens is 2.